The van der Waals surface area contributed by atoms with Gasteiger partial charge in [0.2, 0.25) is 0 Å². The maximum Gasteiger partial charge on any atom is 0.191 e. The molecular weight excluding hydrogens is 477 g/mol. The van der Waals surface area contributed by atoms with Crippen LogP contribution in [0.15, 0.2) is 33.7 Å². The second-order valence-corrected chi connectivity index (χ2v) is 7.14. The molecule has 1 heterocycles. The average molecular weight is 500 g/mol. The van der Waals surface area contributed by atoms with Crippen molar-refractivity contribution in [3.05, 3.63) is 28.7 Å². The quantitative estimate of drug-likeness (QED) is 0.272. The zero-order chi connectivity index (χ0) is 14.9. The molecule has 1 unspecified atom stereocenters. The Labute approximate surface area is 162 Å². The Morgan fingerprint density at radius 1 is 1.36 bits per heavy atom. The Morgan fingerprint density at radius 2 is 2.14 bits per heavy atom. The second kappa shape index (κ2) is 11.4. The summed E-state index contributed by atoms with van der Waals surface area (Å²) in [5, 5.41) is 7.37. The summed E-state index contributed by atoms with van der Waals surface area (Å²) >= 11 is 5.45. The minimum atomic E-state index is 0. The second-order valence-electron chi connectivity index (χ2n) is 4.82. The van der Waals surface area contributed by atoms with Crippen molar-refractivity contribution in [3.8, 4) is 5.75 Å². The van der Waals surface area contributed by atoms with E-state index in [1.807, 2.05) is 36.0 Å². The molecule has 22 heavy (non-hydrogen) atoms. The topological polar surface area (TPSA) is 45.7 Å². The third kappa shape index (κ3) is 7.41. The van der Waals surface area contributed by atoms with Crippen molar-refractivity contribution in [2.45, 2.75) is 18.1 Å². The highest BCUT2D eigenvalue weighted by Gasteiger charge is 2.15. The molecule has 2 rings (SSSR count). The normalized spacial score (nSPS) is 17.7. The van der Waals surface area contributed by atoms with Crippen LogP contribution in [0.25, 0.3) is 0 Å². The zero-order valence-corrected chi connectivity index (χ0v) is 17.4. The highest BCUT2D eigenvalue weighted by atomic mass is 127. The van der Waals surface area contributed by atoms with Crippen molar-refractivity contribution in [3.63, 3.8) is 0 Å². The lowest BCUT2D eigenvalue weighted by Gasteiger charge is -2.15. The van der Waals surface area contributed by atoms with Gasteiger partial charge in [0.25, 0.3) is 0 Å². The number of aliphatic imine (C=N–C) groups is 1. The summed E-state index contributed by atoms with van der Waals surface area (Å²) < 4.78 is 6.72. The number of ether oxygens (including phenoxy) is 1. The van der Waals surface area contributed by atoms with Gasteiger partial charge in [-0.1, -0.05) is 15.9 Å². The largest absolute Gasteiger partial charge is 0.492 e. The van der Waals surface area contributed by atoms with Crippen LogP contribution < -0.4 is 15.4 Å². The van der Waals surface area contributed by atoms with Crippen LogP contribution in [0.2, 0.25) is 0 Å². The predicted molar refractivity (Wildman–Crippen MR) is 110 cm³/mol. The van der Waals surface area contributed by atoms with E-state index in [2.05, 4.69) is 31.6 Å². The molecule has 0 amide bonds. The maximum atomic E-state index is 5.66. The van der Waals surface area contributed by atoms with Crippen molar-refractivity contribution < 1.29 is 4.74 Å². The molecule has 1 aromatic carbocycles. The Balaban J connectivity index is 0.00000242. The van der Waals surface area contributed by atoms with Crippen molar-refractivity contribution >= 4 is 57.6 Å². The average Bonchev–Trinajstić information content (AvgIpc) is 3.02. The lowest BCUT2D eigenvalue weighted by molar-refractivity contribution is 0.322. The van der Waals surface area contributed by atoms with Crippen LogP contribution in [-0.2, 0) is 0 Å². The van der Waals surface area contributed by atoms with Crippen molar-refractivity contribution in [1.29, 1.82) is 0 Å². The lowest BCUT2D eigenvalue weighted by atomic mass is 10.2. The number of halogens is 2. The summed E-state index contributed by atoms with van der Waals surface area (Å²) in [4.78, 5) is 4.23. The van der Waals surface area contributed by atoms with Gasteiger partial charge in [0.05, 0.1) is 6.54 Å². The molecule has 1 atom stereocenters. The number of thioether (sulfide) groups is 1. The number of guanidine groups is 1. The van der Waals surface area contributed by atoms with Crippen LogP contribution in [0.5, 0.6) is 5.75 Å². The molecule has 4 nitrogen and oxygen atoms in total. The van der Waals surface area contributed by atoms with Crippen LogP contribution in [-0.4, -0.2) is 43.7 Å². The Morgan fingerprint density at radius 3 is 2.77 bits per heavy atom. The molecule has 124 valence electrons. The Kier molecular flexibility index (Phi) is 10.3. The van der Waals surface area contributed by atoms with Gasteiger partial charge in [-0.15, -0.1) is 24.0 Å². The monoisotopic (exact) mass is 499 g/mol. The van der Waals surface area contributed by atoms with Gasteiger partial charge in [-0.3, -0.25) is 4.99 Å². The third-order valence-electron chi connectivity index (χ3n) is 3.22. The maximum absolute atomic E-state index is 5.66. The van der Waals surface area contributed by atoms with Crippen molar-refractivity contribution in [1.82, 2.24) is 10.6 Å². The van der Waals surface area contributed by atoms with Crippen LogP contribution in [0.1, 0.15) is 12.8 Å². The van der Waals surface area contributed by atoms with Crippen molar-refractivity contribution in [2.24, 2.45) is 4.99 Å². The van der Waals surface area contributed by atoms with Crippen molar-refractivity contribution in [2.75, 3.05) is 32.5 Å². The van der Waals surface area contributed by atoms with Crippen LogP contribution in [0.3, 0.4) is 0 Å². The Bertz CT molecular complexity index is 453. The first-order valence-corrected chi connectivity index (χ1v) is 9.06. The number of rotatable bonds is 6. The van der Waals surface area contributed by atoms with Gasteiger partial charge in [-0.25, -0.2) is 0 Å². The van der Waals surface area contributed by atoms with Gasteiger partial charge in [0.15, 0.2) is 5.96 Å². The van der Waals surface area contributed by atoms with Gasteiger partial charge < -0.3 is 15.4 Å². The van der Waals surface area contributed by atoms with Crippen LogP contribution >= 0.6 is 51.7 Å². The minimum absolute atomic E-state index is 0. The third-order valence-corrected chi connectivity index (χ3v) is 5.15. The van der Waals surface area contributed by atoms with E-state index >= 15 is 0 Å². The molecule has 1 aromatic rings. The fourth-order valence-corrected chi connectivity index (χ4v) is 3.57. The summed E-state index contributed by atoms with van der Waals surface area (Å²) in [5.41, 5.74) is 0. The molecular formula is C15H23BrIN3OS. The zero-order valence-electron chi connectivity index (χ0n) is 12.7. The smallest absolute Gasteiger partial charge is 0.191 e. The number of benzene rings is 1. The SMILES string of the molecule is CN=C(NCCOc1ccc(Br)cc1)NCC1CCCS1.I. The summed E-state index contributed by atoms with van der Waals surface area (Å²) in [7, 11) is 1.80. The summed E-state index contributed by atoms with van der Waals surface area (Å²) in [6, 6.07) is 7.86. The predicted octanol–water partition coefficient (Wildman–Crippen LogP) is 3.51. The molecule has 0 saturated carbocycles. The molecule has 2 N–H and O–H groups in total. The molecule has 0 bridgehead atoms. The van der Waals surface area contributed by atoms with Crippen LogP contribution in [0.4, 0.5) is 0 Å². The molecule has 0 spiro atoms. The summed E-state index contributed by atoms with van der Waals surface area (Å²) in [6.45, 7) is 2.33. The summed E-state index contributed by atoms with van der Waals surface area (Å²) in [6.07, 6.45) is 2.64. The molecule has 1 saturated heterocycles. The van der Waals surface area contributed by atoms with E-state index < -0.39 is 0 Å². The fourth-order valence-electron chi connectivity index (χ4n) is 2.11. The first kappa shape index (κ1) is 19.9. The van der Waals surface area contributed by atoms with Gasteiger partial charge in [0.1, 0.15) is 12.4 Å². The van der Waals surface area contributed by atoms with E-state index in [0.717, 1.165) is 34.5 Å². The lowest BCUT2D eigenvalue weighted by Crippen LogP contribution is -2.41. The van der Waals surface area contributed by atoms with E-state index in [0.29, 0.717) is 6.61 Å². The molecule has 0 aliphatic carbocycles. The summed E-state index contributed by atoms with van der Waals surface area (Å²) in [5.74, 6) is 3.02. The van der Waals surface area contributed by atoms with Gasteiger partial charge in [-0.2, -0.15) is 11.8 Å². The molecule has 1 aliphatic heterocycles. The molecule has 7 heteroatoms. The van der Waals surface area contributed by atoms with E-state index in [4.69, 9.17) is 4.74 Å². The Hall–Kier alpha value is -0.150. The minimum Gasteiger partial charge on any atom is -0.492 e. The highest BCUT2D eigenvalue weighted by molar-refractivity contribution is 14.0. The first-order valence-electron chi connectivity index (χ1n) is 7.22. The first-order chi connectivity index (χ1) is 10.3. The van der Waals surface area contributed by atoms with Crippen LogP contribution in [0, 0.1) is 0 Å². The molecule has 0 aromatic heterocycles. The fraction of sp³-hybridized carbons (Fsp3) is 0.533. The van der Waals surface area contributed by atoms with Gasteiger partial charge in [-0.05, 0) is 42.9 Å². The number of nitrogens with one attached hydrogen (secondary N) is 2. The van der Waals surface area contributed by atoms with E-state index in [9.17, 15) is 0 Å². The number of hydrogen-bond donors (Lipinski definition) is 2. The molecule has 1 fully saturated rings. The van der Waals surface area contributed by atoms with Gasteiger partial charge in [0, 0.05) is 23.3 Å². The van der Waals surface area contributed by atoms with E-state index in [1.165, 1.54) is 18.6 Å². The number of hydrogen-bond acceptors (Lipinski definition) is 3. The van der Waals surface area contributed by atoms with E-state index in [-0.39, 0.29) is 24.0 Å². The standard InChI is InChI=1S/C15H22BrN3OS.HI/c1-17-15(19-11-14-3-2-10-21-14)18-8-9-20-13-6-4-12(16)5-7-13;/h4-7,14H,2-3,8-11H2,1H3,(H2,17,18,19);1H. The van der Waals surface area contributed by atoms with Gasteiger partial charge >= 0.3 is 0 Å². The number of nitrogens with zero attached hydrogens (tertiary/aromatic N) is 1. The molecule has 1 aliphatic rings. The highest BCUT2D eigenvalue weighted by Crippen LogP contribution is 2.25. The van der Waals surface area contributed by atoms with E-state index in [1.54, 1.807) is 7.05 Å². The molecule has 0 radical (unpaired) electrons.